The fourth-order valence-corrected chi connectivity index (χ4v) is 2.08. The second-order valence-electron chi connectivity index (χ2n) is 3.41. The lowest BCUT2D eigenvalue weighted by molar-refractivity contribution is 0.387. The number of benzene rings is 1. The van der Waals surface area contributed by atoms with Gasteiger partial charge < -0.3 is 4.74 Å². The highest BCUT2D eigenvalue weighted by Gasteiger charge is 2.16. The second kappa shape index (κ2) is 5.31. The van der Waals surface area contributed by atoms with E-state index in [0.29, 0.717) is 0 Å². The average molecular weight is 307 g/mol. The molecule has 1 heterocycles. The van der Waals surface area contributed by atoms with Crippen molar-refractivity contribution in [3.63, 3.8) is 0 Å². The zero-order valence-corrected chi connectivity index (χ0v) is 11.4. The molecule has 0 atom stereocenters. The normalized spacial score (nSPS) is 10.5. The molecule has 94 valence electrons. The predicted octanol–water partition coefficient (Wildman–Crippen LogP) is 4.86. The van der Waals surface area contributed by atoms with E-state index in [1.54, 1.807) is 6.07 Å². The van der Waals surface area contributed by atoms with E-state index < -0.39 is 5.82 Å². The maximum absolute atomic E-state index is 14.1. The maximum Gasteiger partial charge on any atom is 0.174 e. The van der Waals surface area contributed by atoms with Crippen molar-refractivity contribution in [3.8, 4) is 17.0 Å². The van der Waals surface area contributed by atoms with Crippen molar-refractivity contribution >= 4 is 34.8 Å². The van der Waals surface area contributed by atoms with Crippen molar-refractivity contribution in [2.75, 3.05) is 7.11 Å². The van der Waals surface area contributed by atoms with Crippen LogP contribution in [0.15, 0.2) is 24.3 Å². The lowest BCUT2D eigenvalue weighted by Crippen LogP contribution is -1.94. The molecule has 2 nitrogen and oxygen atoms in total. The molecule has 0 saturated heterocycles. The highest BCUT2D eigenvalue weighted by Crippen LogP contribution is 2.35. The fourth-order valence-electron chi connectivity index (χ4n) is 1.48. The van der Waals surface area contributed by atoms with Crippen molar-refractivity contribution in [2.45, 2.75) is 0 Å². The monoisotopic (exact) mass is 305 g/mol. The number of rotatable bonds is 2. The summed E-state index contributed by atoms with van der Waals surface area (Å²) in [4.78, 5) is 3.98. The Morgan fingerprint density at radius 1 is 1.17 bits per heavy atom. The number of hydrogen-bond donors (Lipinski definition) is 0. The van der Waals surface area contributed by atoms with Crippen LogP contribution in [0.1, 0.15) is 0 Å². The molecule has 1 aromatic carbocycles. The number of ether oxygens (including phenoxy) is 1. The maximum atomic E-state index is 14.1. The summed E-state index contributed by atoms with van der Waals surface area (Å²) in [7, 11) is 1.38. The molecule has 0 aliphatic heterocycles. The number of methoxy groups -OCH3 is 1. The van der Waals surface area contributed by atoms with Crippen LogP contribution in [0.4, 0.5) is 4.39 Å². The average Bonchev–Trinajstić information content (AvgIpc) is 2.34. The van der Waals surface area contributed by atoms with E-state index in [1.165, 1.54) is 25.3 Å². The van der Waals surface area contributed by atoms with Gasteiger partial charge in [0.05, 0.1) is 22.8 Å². The fraction of sp³-hybridized carbons (Fsp3) is 0.0833. The molecule has 2 rings (SSSR count). The highest BCUT2D eigenvalue weighted by molar-refractivity contribution is 6.42. The topological polar surface area (TPSA) is 22.1 Å². The molecule has 0 unspecified atom stereocenters. The Labute approximate surface area is 118 Å². The van der Waals surface area contributed by atoms with Gasteiger partial charge in [-0.2, -0.15) is 0 Å². The summed E-state index contributed by atoms with van der Waals surface area (Å²) in [6.45, 7) is 0. The van der Waals surface area contributed by atoms with E-state index in [9.17, 15) is 4.39 Å². The first-order chi connectivity index (χ1) is 8.54. The van der Waals surface area contributed by atoms with Gasteiger partial charge in [0.2, 0.25) is 0 Å². The van der Waals surface area contributed by atoms with Crippen molar-refractivity contribution in [1.82, 2.24) is 4.98 Å². The first-order valence-electron chi connectivity index (χ1n) is 4.89. The van der Waals surface area contributed by atoms with Gasteiger partial charge in [-0.05, 0) is 18.2 Å². The molecular weight excluding hydrogens is 299 g/mol. The molecule has 1 aromatic heterocycles. The van der Waals surface area contributed by atoms with Crippen LogP contribution in [0, 0.1) is 5.82 Å². The van der Waals surface area contributed by atoms with Crippen molar-refractivity contribution < 1.29 is 9.13 Å². The predicted molar refractivity (Wildman–Crippen MR) is 71.2 cm³/mol. The Balaban J connectivity index is 2.66. The van der Waals surface area contributed by atoms with Gasteiger partial charge in [0, 0.05) is 5.56 Å². The summed E-state index contributed by atoms with van der Waals surface area (Å²) >= 11 is 17.6. The smallest absolute Gasteiger partial charge is 0.174 e. The quantitative estimate of drug-likeness (QED) is 0.739. The number of nitrogens with zero attached hydrogens (tertiary/aromatic N) is 1. The van der Waals surface area contributed by atoms with Gasteiger partial charge in [0.1, 0.15) is 5.15 Å². The summed E-state index contributed by atoms with van der Waals surface area (Å²) in [6, 6.07) is 6.10. The molecule has 0 spiro atoms. The Hall–Kier alpha value is -1.03. The molecule has 18 heavy (non-hydrogen) atoms. The van der Waals surface area contributed by atoms with Gasteiger partial charge in [-0.25, -0.2) is 9.37 Å². The van der Waals surface area contributed by atoms with Gasteiger partial charge in [-0.15, -0.1) is 0 Å². The van der Waals surface area contributed by atoms with Crippen LogP contribution in [-0.2, 0) is 0 Å². The molecule has 0 aliphatic carbocycles. The van der Waals surface area contributed by atoms with Crippen LogP contribution in [-0.4, -0.2) is 12.1 Å². The van der Waals surface area contributed by atoms with Crippen molar-refractivity contribution in [1.29, 1.82) is 0 Å². The van der Waals surface area contributed by atoms with Crippen LogP contribution in [0.2, 0.25) is 15.2 Å². The third-order valence-electron chi connectivity index (χ3n) is 2.33. The summed E-state index contributed by atoms with van der Waals surface area (Å²) in [6.07, 6.45) is 0. The van der Waals surface area contributed by atoms with Crippen LogP contribution < -0.4 is 4.74 Å². The Bertz CT molecular complexity index is 604. The Morgan fingerprint density at radius 2 is 1.89 bits per heavy atom. The van der Waals surface area contributed by atoms with Crippen molar-refractivity contribution in [3.05, 3.63) is 45.3 Å². The standard InChI is InChI=1S/C12H7Cl3FNO/c1-18-9-4-2-3-6(10(9)16)11-7(13)5-8(14)12(15)17-11/h2-5H,1H3. The number of aromatic nitrogens is 1. The van der Waals surface area contributed by atoms with E-state index in [-0.39, 0.29) is 32.2 Å². The minimum absolute atomic E-state index is 0.0679. The molecule has 6 heteroatoms. The van der Waals surface area contributed by atoms with Gasteiger partial charge >= 0.3 is 0 Å². The first kappa shape index (κ1) is 13.4. The van der Waals surface area contributed by atoms with E-state index in [1.807, 2.05) is 0 Å². The minimum atomic E-state index is -0.548. The summed E-state index contributed by atoms with van der Waals surface area (Å²) in [5.41, 5.74) is 0.431. The third-order valence-corrected chi connectivity index (χ3v) is 3.29. The molecule has 2 aromatic rings. The molecule has 0 radical (unpaired) electrons. The van der Waals surface area contributed by atoms with E-state index >= 15 is 0 Å². The van der Waals surface area contributed by atoms with Crippen LogP contribution >= 0.6 is 34.8 Å². The molecule has 0 saturated carbocycles. The van der Waals surface area contributed by atoms with Gasteiger partial charge in [-0.1, -0.05) is 40.9 Å². The number of pyridine rings is 1. The third kappa shape index (κ3) is 2.39. The summed E-state index contributed by atoms with van der Waals surface area (Å²) in [5, 5.41) is 0.503. The Kier molecular flexibility index (Phi) is 3.95. The van der Waals surface area contributed by atoms with Crippen LogP contribution in [0.25, 0.3) is 11.3 Å². The summed E-state index contributed by atoms with van der Waals surface area (Å²) in [5.74, 6) is -0.441. The lowest BCUT2D eigenvalue weighted by atomic mass is 10.1. The van der Waals surface area contributed by atoms with E-state index in [4.69, 9.17) is 39.5 Å². The SMILES string of the molecule is COc1cccc(-c2nc(Cl)c(Cl)cc2Cl)c1F. The van der Waals surface area contributed by atoms with Gasteiger partial charge in [-0.3, -0.25) is 0 Å². The molecule has 0 fully saturated rings. The zero-order chi connectivity index (χ0) is 13.3. The number of hydrogen-bond acceptors (Lipinski definition) is 2. The summed E-state index contributed by atoms with van der Waals surface area (Å²) < 4.78 is 19.0. The van der Waals surface area contributed by atoms with E-state index in [2.05, 4.69) is 4.98 Å². The van der Waals surface area contributed by atoms with Crippen LogP contribution in [0.3, 0.4) is 0 Å². The van der Waals surface area contributed by atoms with Crippen molar-refractivity contribution in [2.24, 2.45) is 0 Å². The zero-order valence-electron chi connectivity index (χ0n) is 9.18. The second-order valence-corrected chi connectivity index (χ2v) is 4.59. The minimum Gasteiger partial charge on any atom is -0.494 e. The van der Waals surface area contributed by atoms with E-state index in [0.717, 1.165) is 0 Å². The van der Waals surface area contributed by atoms with Gasteiger partial charge in [0.15, 0.2) is 11.6 Å². The van der Waals surface area contributed by atoms with Gasteiger partial charge in [0.25, 0.3) is 0 Å². The molecular formula is C12H7Cl3FNO. The molecule has 0 N–H and O–H groups in total. The molecule has 0 bridgehead atoms. The lowest BCUT2D eigenvalue weighted by Gasteiger charge is -2.09. The molecule has 0 aliphatic rings. The number of halogens is 4. The first-order valence-corrected chi connectivity index (χ1v) is 6.02. The highest BCUT2D eigenvalue weighted by atomic mass is 35.5. The largest absolute Gasteiger partial charge is 0.494 e. The van der Waals surface area contributed by atoms with Crippen LogP contribution in [0.5, 0.6) is 5.75 Å². The molecule has 0 amide bonds. The Morgan fingerprint density at radius 3 is 2.56 bits per heavy atom.